The number of fused-ring (bicyclic) bond motifs is 1. The van der Waals surface area contributed by atoms with E-state index < -0.39 is 12.0 Å². The van der Waals surface area contributed by atoms with Crippen molar-refractivity contribution in [3.63, 3.8) is 0 Å². The van der Waals surface area contributed by atoms with Gasteiger partial charge in [0.2, 0.25) is 0 Å². The maximum absolute atomic E-state index is 13.7. The van der Waals surface area contributed by atoms with E-state index >= 15 is 0 Å². The Hall–Kier alpha value is -3.16. The Balaban J connectivity index is 1.60. The van der Waals surface area contributed by atoms with Crippen molar-refractivity contribution in [1.82, 2.24) is 4.57 Å². The van der Waals surface area contributed by atoms with Gasteiger partial charge in [-0.05, 0) is 75.1 Å². The molecule has 0 aliphatic carbocycles. The summed E-state index contributed by atoms with van der Waals surface area (Å²) >= 11 is 7.45. The van der Waals surface area contributed by atoms with E-state index in [2.05, 4.69) is 22.0 Å². The Morgan fingerprint density at radius 2 is 1.78 bits per heavy atom. The van der Waals surface area contributed by atoms with E-state index in [1.807, 2.05) is 30.3 Å². The van der Waals surface area contributed by atoms with Gasteiger partial charge in [-0.3, -0.25) is 9.36 Å². The number of thiazole rings is 1. The standard InChI is InChI=1S/C28H28ClN3O3S/c1-17(2)35-27(34)24-18(3)30-28-32(25(24)20-8-10-21(29)11-9-20)26(33)23(36-28)16-19-6-12-22(13-7-19)31-14-4-5-15-31/h6-13,16-17,25H,4-5,14-15H2,1-3H3/b23-16+/t25-/m0/s1. The molecule has 2 aromatic carbocycles. The van der Waals surface area contributed by atoms with Crippen molar-refractivity contribution in [2.75, 3.05) is 18.0 Å². The first kappa shape index (κ1) is 24.5. The topological polar surface area (TPSA) is 63.9 Å². The molecule has 2 aliphatic rings. The summed E-state index contributed by atoms with van der Waals surface area (Å²) in [5.41, 5.74) is 3.64. The normalized spacial score (nSPS) is 18.0. The molecule has 0 amide bonds. The molecule has 0 bridgehead atoms. The third-order valence-corrected chi connectivity index (χ3v) is 7.67. The summed E-state index contributed by atoms with van der Waals surface area (Å²) in [7, 11) is 0. The van der Waals surface area contributed by atoms with Crippen LogP contribution in [0, 0.1) is 0 Å². The molecule has 1 saturated heterocycles. The quantitative estimate of drug-likeness (QED) is 0.466. The number of anilines is 1. The minimum atomic E-state index is -0.649. The van der Waals surface area contributed by atoms with Crippen LogP contribution < -0.4 is 19.8 Å². The number of halogens is 1. The molecular weight excluding hydrogens is 494 g/mol. The van der Waals surface area contributed by atoms with E-state index in [4.69, 9.17) is 16.3 Å². The van der Waals surface area contributed by atoms with Gasteiger partial charge in [0, 0.05) is 23.8 Å². The van der Waals surface area contributed by atoms with Gasteiger partial charge in [-0.2, -0.15) is 0 Å². The number of allylic oxidation sites excluding steroid dienone is 1. The summed E-state index contributed by atoms with van der Waals surface area (Å²) in [4.78, 5) is 34.4. The molecule has 8 heteroatoms. The molecule has 6 nitrogen and oxygen atoms in total. The van der Waals surface area contributed by atoms with Crippen LogP contribution in [-0.2, 0) is 9.53 Å². The van der Waals surface area contributed by atoms with E-state index in [1.54, 1.807) is 37.5 Å². The van der Waals surface area contributed by atoms with E-state index in [1.165, 1.54) is 29.9 Å². The molecule has 0 spiro atoms. The zero-order valence-electron chi connectivity index (χ0n) is 20.5. The number of benzene rings is 2. The highest BCUT2D eigenvalue weighted by molar-refractivity contribution is 7.07. The first-order chi connectivity index (χ1) is 17.3. The number of hydrogen-bond donors (Lipinski definition) is 0. The second-order valence-electron chi connectivity index (χ2n) is 9.37. The second-order valence-corrected chi connectivity index (χ2v) is 10.8. The fourth-order valence-electron chi connectivity index (χ4n) is 4.73. The third-order valence-electron chi connectivity index (χ3n) is 6.43. The van der Waals surface area contributed by atoms with Crippen molar-refractivity contribution in [3.05, 3.63) is 95.6 Å². The zero-order valence-corrected chi connectivity index (χ0v) is 22.1. The van der Waals surface area contributed by atoms with Crippen molar-refractivity contribution in [1.29, 1.82) is 0 Å². The summed E-state index contributed by atoms with van der Waals surface area (Å²) in [5.74, 6) is -0.474. The Morgan fingerprint density at radius 3 is 2.42 bits per heavy atom. The monoisotopic (exact) mass is 521 g/mol. The van der Waals surface area contributed by atoms with Crippen LogP contribution in [0.15, 0.2) is 69.6 Å². The molecule has 3 heterocycles. The number of carbonyl (C=O) groups is 1. The lowest BCUT2D eigenvalue weighted by atomic mass is 9.96. The molecule has 3 aromatic rings. The maximum atomic E-state index is 13.7. The van der Waals surface area contributed by atoms with Gasteiger partial charge in [-0.15, -0.1) is 0 Å². The smallest absolute Gasteiger partial charge is 0.338 e. The fraction of sp³-hybridized carbons (Fsp3) is 0.321. The van der Waals surface area contributed by atoms with Crippen LogP contribution >= 0.6 is 22.9 Å². The van der Waals surface area contributed by atoms with Crippen LogP contribution in [0.3, 0.4) is 0 Å². The van der Waals surface area contributed by atoms with Crippen molar-refractivity contribution in [3.8, 4) is 0 Å². The second kappa shape index (κ2) is 10.1. The van der Waals surface area contributed by atoms with Crippen LogP contribution in [0.25, 0.3) is 6.08 Å². The molecule has 2 aliphatic heterocycles. The summed E-state index contributed by atoms with van der Waals surface area (Å²) in [6.07, 6.45) is 4.05. The Bertz CT molecular complexity index is 1500. The van der Waals surface area contributed by atoms with E-state index in [0.29, 0.717) is 25.6 Å². The molecule has 0 N–H and O–H groups in total. The average molecular weight is 522 g/mol. The first-order valence-corrected chi connectivity index (χ1v) is 13.4. The van der Waals surface area contributed by atoms with E-state index in [-0.39, 0.29) is 11.7 Å². The molecule has 1 aromatic heterocycles. The van der Waals surface area contributed by atoms with Crippen molar-refractivity contribution >= 4 is 40.7 Å². The highest BCUT2D eigenvalue weighted by atomic mass is 35.5. The molecule has 1 atom stereocenters. The van der Waals surface area contributed by atoms with Crippen molar-refractivity contribution < 1.29 is 9.53 Å². The average Bonchev–Trinajstić information content (AvgIpc) is 3.48. The summed E-state index contributed by atoms with van der Waals surface area (Å²) in [6.45, 7) is 7.56. The minimum absolute atomic E-state index is 0.190. The highest BCUT2D eigenvalue weighted by Gasteiger charge is 2.33. The number of nitrogens with zero attached hydrogens (tertiary/aromatic N) is 3. The molecule has 186 valence electrons. The lowest BCUT2D eigenvalue weighted by Crippen LogP contribution is -2.40. The molecule has 0 saturated carbocycles. The first-order valence-electron chi connectivity index (χ1n) is 12.2. The summed E-state index contributed by atoms with van der Waals surface area (Å²) in [5, 5.41) is 0.579. The zero-order chi connectivity index (χ0) is 25.4. The number of rotatable bonds is 5. The molecular formula is C28H28ClN3O3S. The van der Waals surface area contributed by atoms with Gasteiger partial charge in [0.05, 0.1) is 27.9 Å². The third kappa shape index (κ3) is 4.77. The number of ether oxygens (including phenoxy) is 1. The number of hydrogen-bond acceptors (Lipinski definition) is 6. The molecule has 5 rings (SSSR count). The van der Waals surface area contributed by atoms with E-state index in [0.717, 1.165) is 24.2 Å². The van der Waals surface area contributed by atoms with Crippen LogP contribution in [0.5, 0.6) is 0 Å². The van der Waals surface area contributed by atoms with E-state index in [9.17, 15) is 9.59 Å². The van der Waals surface area contributed by atoms with Gasteiger partial charge in [0.1, 0.15) is 0 Å². The van der Waals surface area contributed by atoms with Crippen LogP contribution in [0.4, 0.5) is 5.69 Å². The van der Waals surface area contributed by atoms with Gasteiger partial charge in [-0.1, -0.05) is 47.2 Å². The SMILES string of the molecule is CC1=C(C(=O)OC(C)C)[C@H](c2ccc(Cl)cc2)n2c(s/c(=C/c3ccc(N4CCCC4)cc3)c2=O)=N1. The lowest BCUT2D eigenvalue weighted by Gasteiger charge is -2.25. The lowest BCUT2D eigenvalue weighted by molar-refractivity contribution is -0.143. The largest absolute Gasteiger partial charge is 0.459 e. The van der Waals surface area contributed by atoms with Gasteiger partial charge >= 0.3 is 5.97 Å². The molecule has 0 radical (unpaired) electrons. The number of aromatic nitrogens is 1. The predicted octanol–water partition coefficient (Wildman–Crippen LogP) is 4.44. The van der Waals surface area contributed by atoms with Gasteiger partial charge in [0.15, 0.2) is 4.80 Å². The van der Waals surface area contributed by atoms with Gasteiger partial charge in [0.25, 0.3) is 5.56 Å². The Morgan fingerprint density at radius 1 is 1.11 bits per heavy atom. The van der Waals surface area contributed by atoms with Crippen LogP contribution in [0.1, 0.15) is 50.8 Å². The minimum Gasteiger partial charge on any atom is -0.459 e. The Labute approximate surface area is 218 Å². The van der Waals surface area contributed by atoms with Crippen molar-refractivity contribution in [2.24, 2.45) is 4.99 Å². The molecule has 36 heavy (non-hydrogen) atoms. The number of esters is 1. The van der Waals surface area contributed by atoms with Gasteiger partial charge < -0.3 is 9.64 Å². The Kier molecular flexibility index (Phi) is 6.86. The van der Waals surface area contributed by atoms with Crippen LogP contribution in [-0.4, -0.2) is 29.7 Å². The van der Waals surface area contributed by atoms with Crippen LogP contribution in [0.2, 0.25) is 5.02 Å². The highest BCUT2D eigenvalue weighted by Crippen LogP contribution is 2.31. The predicted molar refractivity (Wildman–Crippen MR) is 144 cm³/mol. The molecule has 0 unspecified atom stereocenters. The van der Waals surface area contributed by atoms with Crippen molar-refractivity contribution in [2.45, 2.75) is 45.8 Å². The summed E-state index contributed by atoms with van der Waals surface area (Å²) in [6, 6.07) is 14.8. The summed E-state index contributed by atoms with van der Waals surface area (Å²) < 4.78 is 7.70. The molecule has 1 fully saturated rings. The van der Waals surface area contributed by atoms with Gasteiger partial charge in [-0.25, -0.2) is 9.79 Å². The number of carbonyl (C=O) groups excluding carboxylic acids is 1. The fourth-order valence-corrected chi connectivity index (χ4v) is 5.90. The maximum Gasteiger partial charge on any atom is 0.338 e.